The molecule has 2 aromatic carbocycles. The summed E-state index contributed by atoms with van der Waals surface area (Å²) in [5.41, 5.74) is 3.67. The van der Waals surface area contributed by atoms with E-state index in [4.69, 9.17) is 14.2 Å². The number of piperidine rings is 1. The van der Waals surface area contributed by atoms with E-state index in [0.717, 1.165) is 44.4 Å². The van der Waals surface area contributed by atoms with Crippen LogP contribution in [-0.4, -0.2) is 64.6 Å². The van der Waals surface area contributed by atoms with Gasteiger partial charge in [0, 0.05) is 35.5 Å². The first-order chi connectivity index (χ1) is 17.7. The Morgan fingerprint density at radius 2 is 1.95 bits per heavy atom. The van der Waals surface area contributed by atoms with Crippen LogP contribution in [0.5, 0.6) is 5.75 Å². The van der Waals surface area contributed by atoms with Crippen LogP contribution in [0.4, 0.5) is 5.69 Å². The molecule has 8 rings (SSSR count). The highest BCUT2D eigenvalue weighted by Crippen LogP contribution is 2.76. The van der Waals surface area contributed by atoms with Crippen molar-refractivity contribution in [3.63, 3.8) is 0 Å². The fraction of sp³-hybridized carbons (Fsp3) is 0.586. The SMILES string of the molecule is COC12CCC3(C[C@@H]1COCc1ccccc1)[C@H]1Cc4ccc(NS(C)(=O)=O)c5c4C3(CCN1C)[C@H]2O5. The Balaban J connectivity index is 1.33. The summed E-state index contributed by atoms with van der Waals surface area (Å²) in [7, 11) is 0.660. The van der Waals surface area contributed by atoms with E-state index in [9.17, 15) is 8.42 Å². The summed E-state index contributed by atoms with van der Waals surface area (Å²) < 4.78 is 47.2. The minimum atomic E-state index is -3.44. The van der Waals surface area contributed by atoms with Crippen molar-refractivity contribution in [2.75, 3.05) is 38.3 Å². The van der Waals surface area contributed by atoms with E-state index >= 15 is 0 Å². The average molecular weight is 525 g/mol. The maximum atomic E-state index is 12.3. The highest BCUT2D eigenvalue weighted by atomic mass is 32.2. The van der Waals surface area contributed by atoms with Crippen LogP contribution in [0.15, 0.2) is 42.5 Å². The van der Waals surface area contributed by atoms with Gasteiger partial charge < -0.3 is 19.1 Å². The fourth-order valence-electron chi connectivity index (χ4n) is 9.21. The summed E-state index contributed by atoms with van der Waals surface area (Å²) in [6.07, 6.45) is 6.06. The second-order valence-corrected chi connectivity index (χ2v) is 13.7. The predicted octanol–water partition coefficient (Wildman–Crippen LogP) is 3.72. The zero-order valence-corrected chi connectivity index (χ0v) is 22.6. The zero-order chi connectivity index (χ0) is 25.6. The molecule has 0 radical (unpaired) electrons. The largest absolute Gasteiger partial charge is 0.484 e. The number of rotatable bonds is 7. The number of sulfonamides is 1. The molecule has 3 unspecified atom stereocenters. The first-order valence-electron chi connectivity index (χ1n) is 13.4. The minimum absolute atomic E-state index is 0.0493. The molecular weight excluding hydrogens is 488 g/mol. The van der Waals surface area contributed by atoms with Gasteiger partial charge in [0.15, 0.2) is 0 Å². The van der Waals surface area contributed by atoms with Crippen molar-refractivity contribution in [3.05, 3.63) is 59.2 Å². The van der Waals surface area contributed by atoms with Gasteiger partial charge in [-0.2, -0.15) is 0 Å². The first kappa shape index (κ1) is 23.9. The van der Waals surface area contributed by atoms with Gasteiger partial charge in [-0.1, -0.05) is 36.4 Å². The lowest BCUT2D eigenvalue weighted by Gasteiger charge is -2.73. The van der Waals surface area contributed by atoms with E-state index in [2.05, 4.69) is 34.9 Å². The van der Waals surface area contributed by atoms with Crippen LogP contribution < -0.4 is 9.46 Å². The third-order valence-electron chi connectivity index (χ3n) is 10.5. The molecule has 37 heavy (non-hydrogen) atoms. The number of nitrogens with one attached hydrogen (secondary N) is 1. The molecule has 2 heterocycles. The minimum Gasteiger partial charge on any atom is -0.484 e. The van der Waals surface area contributed by atoms with E-state index in [1.807, 2.05) is 31.4 Å². The van der Waals surface area contributed by atoms with E-state index in [0.29, 0.717) is 24.9 Å². The highest BCUT2D eigenvalue weighted by Gasteiger charge is 2.80. The van der Waals surface area contributed by atoms with E-state index in [1.165, 1.54) is 22.9 Å². The molecule has 7 nitrogen and oxygen atoms in total. The number of hydrogen-bond acceptors (Lipinski definition) is 6. The number of benzene rings is 2. The van der Waals surface area contributed by atoms with Crippen molar-refractivity contribution in [2.24, 2.45) is 11.3 Å². The van der Waals surface area contributed by atoms with Crippen LogP contribution in [0, 0.1) is 11.3 Å². The topological polar surface area (TPSA) is 77.1 Å². The molecule has 2 aliphatic heterocycles. The summed E-state index contributed by atoms with van der Waals surface area (Å²) in [6.45, 7) is 2.20. The molecule has 0 amide bonds. The maximum Gasteiger partial charge on any atom is 0.229 e. The molecule has 4 aliphatic carbocycles. The van der Waals surface area contributed by atoms with E-state index in [1.54, 1.807) is 0 Å². The number of likely N-dealkylation sites (N-methyl/N-ethyl adjacent to an activating group) is 1. The van der Waals surface area contributed by atoms with Crippen molar-refractivity contribution < 1.29 is 22.6 Å². The van der Waals surface area contributed by atoms with Gasteiger partial charge in [-0.05, 0) is 62.9 Å². The van der Waals surface area contributed by atoms with Gasteiger partial charge in [-0.25, -0.2) is 8.42 Å². The van der Waals surface area contributed by atoms with E-state index in [-0.39, 0.29) is 22.9 Å². The Labute approximate surface area is 219 Å². The number of methoxy groups -OCH3 is 1. The molecule has 1 saturated heterocycles. The molecule has 6 aliphatic rings. The molecule has 2 spiro atoms. The second-order valence-electron chi connectivity index (χ2n) is 12.0. The molecule has 4 fully saturated rings. The van der Waals surface area contributed by atoms with Crippen LogP contribution >= 0.6 is 0 Å². The van der Waals surface area contributed by atoms with Gasteiger partial charge >= 0.3 is 0 Å². The highest BCUT2D eigenvalue weighted by molar-refractivity contribution is 7.92. The van der Waals surface area contributed by atoms with Crippen molar-refractivity contribution in [1.82, 2.24) is 4.90 Å². The van der Waals surface area contributed by atoms with Crippen LogP contribution in [-0.2, 0) is 37.9 Å². The molecule has 4 bridgehead atoms. The van der Waals surface area contributed by atoms with Gasteiger partial charge in [0.05, 0.1) is 25.2 Å². The molecule has 2 aromatic rings. The van der Waals surface area contributed by atoms with Crippen LogP contribution in [0.2, 0.25) is 0 Å². The van der Waals surface area contributed by atoms with E-state index < -0.39 is 15.6 Å². The Hall–Kier alpha value is -2.13. The molecule has 1 N–H and O–H groups in total. The Morgan fingerprint density at radius 3 is 2.70 bits per heavy atom. The van der Waals surface area contributed by atoms with Crippen LogP contribution in [0.3, 0.4) is 0 Å². The lowest BCUT2D eigenvalue weighted by molar-refractivity contribution is -0.282. The van der Waals surface area contributed by atoms with Gasteiger partial charge in [-0.15, -0.1) is 0 Å². The number of ether oxygens (including phenoxy) is 3. The average Bonchev–Trinajstić information content (AvgIpc) is 3.24. The molecule has 3 saturated carbocycles. The van der Waals surface area contributed by atoms with Gasteiger partial charge in [-0.3, -0.25) is 4.72 Å². The number of likely N-dealkylation sites (tertiary alicyclic amines) is 1. The monoisotopic (exact) mass is 524 g/mol. The number of nitrogens with zero attached hydrogens (tertiary/aromatic N) is 1. The summed E-state index contributed by atoms with van der Waals surface area (Å²) in [4.78, 5) is 2.57. The van der Waals surface area contributed by atoms with Crippen molar-refractivity contribution in [3.8, 4) is 5.75 Å². The van der Waals surface area contributed by atoms with Crippen LogP contribution in [0.1, 0.15) is 42.4 Å². The van der Waals surface area contributed by atoms with Crippen molar-refractivity contribution >= 4 is 15.7 Å². The van der Waals surface area contributed by atoms with Gasteiger partial charge in [0.1, 0.15) is 17.5 Å². The number of fused-ring (bicyclic) bond motifs is 2. The summed E-state index contributed by atoms with van der Waals surface area (Å²) in [6, 6.07) is 14.7. The first-order valence-corrected chi connectivity index (χ1v) is 15.3. The Bertz CT molecular complexity index is 1350. The smallest absolute Gasteiger partial charge is 0.229 e. The fourth-order valence-corrected chi connectivity index (χ4v) is 9.77. The molecule has 0 aromatic heterocycles. The second kappa shape index (κ2) is 7.94. The van der Waals surface area contributed by atoms with Crippen molar-refractivity contribution in [1.29, 1.82) is 0 Å². The zero-order valence-electron chi connectivity index (χ0n) is 21.8. The van der Waals surface area contributed by atoms with Gasteiger partial charge in [0.2, 0.25) is 10.0 Å². The number of anilines is 1. The quantitative estimate of drug-likeness (QED) is 0.595. The summed E-state index contributed by atoms with van der Waals surface area (Å²) in [5, 5.41) is 0. The summed E-state index contributed by atoms with van der Waals surface area (Å²) in [5.74, 6) is 0.929. The van der Waals surface area contributed by atoms with Gasteiger partial charge in [0.25, 0.3) is 0 Å². The van der Waals surface area contributed by atoms with Crippen molar-refractivity contribution in [2.45, 2.75) is 61.9 Å². The Kier molecular flexibility index (Phi) is 5.14. The number of hydrogen-bond donors (Lipinski definition) is 1. The lowest BCUT2D eigenvalue weighted by atomic mass is 9.35. The molecule has 8 heteroatoms. The summed E-state index contributed by atoms with van der Waals surface area (Å²) >= 11 is 0. The molecular formula is C29H36N2O5S. The normalized spacial score (nSPS) is 37.2. The third kappa shape index (κ3) is 3.07. The molecule has 6 atom stereocenters. The maximum absolute atomic E-state index is 12.3. The third-order valence-corrected chi connectivity index (χ3v) is 11.1. The standard InChI is InChI=1S/C29H36N2O5S/c1-31-14-13-28-24-20-9-10-22(30-37(3,32)33)25(24)36-26(28)29(34-2)12-11-27(28,23(31)15-20)16-21(29)18-35-17-19-7-5-4-6-8-19/h4-10,21,23,26,30H,11-18H2,1-3H3/t21-,23-,26-,27?,28?,29?/m1/s1. The van der Waals surface area contributed by atoms with Crippen LogP contribution in [0.25, 0.3) is 0 Å². The lowest BCUT2D eigenvalue weighted by Crippen LogP contribution is -2.81. The molecule has 198 valence electrons. The Morgan fingerprint density at radius 1 is 1.14 bits per heavy atom. The predicted molar refractivity (Wildman–Crippen MR) is 141 cm³/mol.